The van der Waals surface area contributed by atoms with Crippen LogP contribution in [0.1, 0.15) is 11.1 Å². The first-order chi connectivity index (χ1) is 7.75. The lowest BCUT2D eigenvalue weighted by atomic mass is 10.2. The summed E-state index contributed by atoms with van der Waals surface area (Å²) in [6.07, 6.45) is 1.50. The van der Waals surface area contributed by atoms with Gasteiger partial charge in [0.2, 0.25) is 0 Å². The SMILES string of the molecule is Cc1cnc(OCc2ccccc2)[nH]c1=O. The number of H-pyrrole nitrogens is 1. The van der Waals surface area contributed by atoms with Gasteiger partial charge in [0.25, 0.3) is 11.6 Å². The van der Waals surface area contributed by atoms with Crippen LogP contribution in [0.25, 0.3) is 0 Å². The van der Waals surface area contributed by atoms with Crippen LogP contribution in [0.4, 0.5) is 0 Å². The molecule has 0 aliphatic carbocycles. The van der Waals surface area contributed by atoms with E-state index in [-0.39, 0.29) is 11.6 Å². The van der Waals surface area contributed by atoms with Crippen LogP contribution in [0, 0.1) is 6.92 Å². The van der Waals surface area contributed by atoms with Crippen molar-refractivity contribution < 1.29 is 4.74 Å². The van der Waals surface area contributed by atoms with Gasteiger partial charge in [-0.15, -0.1) is 0 Å². The van der Waals surface area contributed by atoms with Crippen molar-refractivity contribution >= 4 is 0 Å². The maximum Gasteiger partial charge on any atom is 0.296 e. The topological polar surface area (TPSA) is 55.0 Å². The van der Waals surface area contributed by atoms with Crippen LogP contribution in [0.5, 0.6) is 6.01 Å². The third-order valence-electron chi connectivity index (χ3n) is 2.17. The van der Waals surface area contributed by atoms with Crippen molar-refractivity contribution in [1.29, 1.82) is 0 Å². The van der Waals surface area contributed by atoms with Gasteiger partial charge in [-0.25, -0.2) is 4.98 Å². The second kappa shape index (κ2) is 4.61. The number of benzene rings is 1. The Morgan fingerprint density at radius 2 is 2.06 bits per heavy atom. The molecule has 0 saturated carbocycles. The summed E-state index contributed by atoms with van der Waals surface area (Å²) in [6.45, 7) is 2.10. The first kappa shape index (κ1) is 10.4. The van der Waals surface area contributed by atoms with Gasteiger partial charge in [-0.3, -0.25) is 9.78 Å². The van der Waals surface area contributed by atoms with Crippen LogP contribution < -0.4 is 10.3 Å². The number of hydrogen-bond donors (Lipinski definition) is 1. The molecule has 0 atom stereocenters. The van der Waals surface area contributed by atoms with Crippen molar-refractivity contribution in [2.75, 3.05) is 0 Å². The highest BCUT2D eigenvalue weighted by Gasteiger charge is 1.99. The summed E-state index contributed by atoms with van der Waals surface area (Å²) in [5.74, 6) is 0. The highest BCUT2D eigenvalue weighted by Crippen LogP contribution is 2.04. The average Bonchev–Trinajstić information content (AvgIpc) is 2.32. The van der Waals surface area contributed by atoms with Crippen LogP contribution in [0.2, 0.25) is 0 Å². The van der Waals surface area contributed by atoms with Crippen LogP contribution in [0.15, 0.2) is 41.3 Å². The van der Waals surface area contributed by atoms with Gasteiger partial charge >= 0.3 is 0 Å². The number of nitrogens with zero attached hydrogens (tertiary/aromatic N) is 1. The van der Waals surface area contributed by atoms with E-state index in [2.05, 4.69) is 9.97 Å². The number of nitrogens with one attached hydrogen (secondary N) is 1. The fraction of sp³-hybridized carbons (Fsp3) is 0.167. The van der Waals surface area contributed by atoms with Gasteiger partial charge in [-0.2, -0.15) is 0 Å². The fourth-order valence-electron chi connectivity index (χ4n) is 1.24. The molecular formula is C12H12N2O2. The molecular weight excluding hydrogens is 204 g/mol. The van der Waals surface area contributed by atoms with Crippen LogP contribution >= 0.6 is 0 Å². The molecule has 0 radical (unpaired) electrons. The largest absolute Gasteiger partial charge is 0.460 e. The normalized spacial score (nSPS) is 10.1. The monoisotopic (exact) mass is 216 g/mol. The number of aryl methyl sites for hydroxylation is 1. The van der Waals surface area contributed by atoms with E-state index >= 15 is 0 Å². The first-order valence-electron chi connectivity index (χ1n) is 4.98. The summed E-state index contributed by atoms with van der Waals surface area (Å²) in [7, 11) is 0. The molecule has 0 unspecified atom stereocenters. The van der Waals surface area contributed by atoms with Gasteiger partial charge in [0.1, 0.15) is 6.61 Å². The van der Waals surface area contributed by atoms with Gasteiger partial charge < -0.3 is 4.74 Å². The molecule has 1 aromatic carbocycles. The Labute approximate surface area is 92.9 Å². The summed E-state index contributed by atoms with van der Waals surface area (Å²) < 4.78 is 5.36. The molecule has 0 bridgehead atoms. The Hall–Kier alpha value is -2.10. The molecule has 0 aliphatic heterocycles. The Morgan fingerprint density at radius 1 is 1.31 bits per heavy atom. The first-order valence-corrected chi connectivity index (χ1v) is 4.98. The Bertz CT molecular complexity index is 520. The highest BCUT2D eigenvalue weighted by atomic mass is 16.5. The lowest BCUT2D eigenvalue weighted by Crippen LogP contribution is -2.12. The van der Waals surface area contributed by atoms with E-state index in [0.29, 0.717) is 12.2 Å². The fourth-order valence-corrected chi connectivity index (χ4v) is 1.24. The van der Waals surface area contributed by atoms with Crippen molar-refractivity contribution in [1.82, 2.24) is 9.97 Å². The van der Waals surface area contributed by atoms with Gasteiger partial charge in [0, 0.05) is 11.8 Å². The Kier molecular flexibility index (Phi) is 3.00. The number of hydrogen-bond acceptors (Lipinski definition) is 3. The zero-order valence-corrected chi connectivity index (χ0v) is 8.93. The molecule has 0 fully saturated rings. The van der Waals surface area contributed by atoms with Crippen molar-refractivity contribution in [2.24, 2.45) is 0 Å². The van der Waals surface area contributed by atoms with Crippen molar-refractivity contribution in [2.45, 2.75) is 13.5 Å². The third-order valence-corrected chi connectivity index (χ3v) is 2.17. The van der Waals surface area contributed by atoms with E-state index in [4.69, 9.17) is 4.74 Å². The van der Waals surface area contributed by atoms with Crippen molar-refractivity contribution in [3.05, 3.63) is 58.0 Å². The van der Waals surface area contributed by atoms with Gasteiger partial charge in [-0.05, 0) is 12.5 Å². The zero-order valence-electron chi connectivity index (χ0n) is 8.93. The van der Waals surface area contributed by atoms with Crippen LogP contribution in [-0.4, -0.2) is 9.97 Å². The molecule has 1 heterocycles. The minimum Gasteiger partial charge on any atom is -0.460 e. The second-order valence-corrected chi connectivity index (χ2v) is 3.47. The predicted octanol–water partition coefficient (Wildman–Crippen LogP) is 1.66. The van der Waals surface area contributed by atoms with E-state index < -0.39 is 0 Å². The molecule has 0 spiro atoms. The third kappa shape index (κ3) is 2.48. The van der Waals surface area contributed by atoms with Crippen LogP contribution in [0.3, 0.4) is 0 Å². The smallest absolute Gasteiger partial charge is 0.296 e. The molecule has 16 heavy (non-hydrogen) atoms. The van der Waals surface area contributed by atoms with Crippen LogP contribution in [-0.2, 0) is 6.61 Å². The second-order valence-electron chi connectivity index (χ2n) is 3.47. The quantitative estimate of drug-likeness (QED) is 0.848. The standard InChI is InChI=1S/C12H12N2O2/c1-9-7-13-12(14-11(9)15)16-8-10-5-3-2-4-6-10/h2-7H,8H2,1H3,(H,13,14,15). The summed E-state index contributed by atoms with van der Waals surface area (Å²) in [6, 6.07) is 9.96. The van der Waals surface area contributed by atoms with Crippen molar-refractivity contribution in [3.8, 4) is 6.01 Å². The van der Waals surface area contributed by atoms with E-state index in [1.807, 2.05) is 30.3 Å². The number of aromatic nitrogens is 2. The molecule has 1 aromatic heterocycles. The summed E-state index contributed by atoms with van der Waals surface area (Å²) in [5, 5.41) is 0. The number of aromatic amines is 1. The minimum absolute atomic E-state index is 0.168. The summed E-state index contributed by atoms with van der Waals surface area (Å²) >= 11 is 0. The highest BCUT2D eigenvalue weighted by molar-refractivity contribution is 5.14. The molecule has 2 aromatic rings. The Balaban J connectivity index is 2.05. The van der Waals surface area contributed by atoms with E-state index in [0.717, 1.165) is 5.56 Å². The summed E-state index contributed by atoms with van der Waals surface area (Å²) in [5.41, 5.74) is 1.44. The maximum atomic E-state index is 11.3. The number of ether oxygens (including phenoxy) is 1. The van der Waals surface area contributed by atoms with Gasteiger partial charge in [0.15, 0.2) is 0 Å². The molecule has 2 rings (SSSR count). The Morgan fingerprint density at radius 3 is 2.75 bits per heavy atom. The zero-order chi connectivity index (χ0) is 11.4. The van der Waals surface area contributed by atoms with E-state index in [1.165, 1.54) is 6.20 Å². The lowest BCUT2D eigenvalue weighted by Gasteiger charge is -2.04. The van der Waals surface area contributed by atoms with E-state index in [9.17, 15) is 4.79 Å². The number of rotatable bonds is 3. The minimum atomic E-state index is -0.168. The van der Waals surface area contributed by atoms with Gasteiger partial charge in [-0.1, -0.05) is 30.3 Å². The molecule has 0 saturated heterocycles. The maximum absolute atomic E-state index is 11.3. The average molecular weight is 216 g/mol. The molecule has 0 aliphatic rings. The lowest BCUT2D eigenvalue weighted by molar-refractivity contribution is 0.279. The molecule has 4 heteroatoms. The molecule has 0 amide bonds. The molecule has 82 valence electrons. The summed E-state index contributed by atoms with van der Waals surface area (Å²) in [4.78, 5) is 17.8. The molecule has 4 nitrogen and oxygen atoms in total. The predicted molar refractivity (Wildman–Crippen MR) is 60.4 cm³/mol. The van der Waals surface area contributed by atoms with Gasteiger partial charge in [0.05, 0.1) is 0 Å². The van der Waals surface area contributed by atoms with Crippen molar-refractivity contribution in [3.63, 3.8) is 0 Å². The van der Waals surface area contributed by atoms with E-state index in [1.54, 1.807) is 6.92 Å². The molecule has 1 N–H and O–H groups in total.